The zero-order chi connectivity index (χ0) is 22.2. The number of nitrogens with one attached hydrogen (secondary N) is 1. The molecule has 1 N–H and O–H groups in total. The fourth-order valence-corrected chi connectivity index (χ4v) is 3.84. The molecule has 0 unspecified atom stereocenters. The molecule has 0 fully saturated rings. The number of alkyl halides is 3. The molecule has 1 aliphatic rings. The lowest BCUT2D eigenvalue weighted by atomic mass is 9.97. The van der Waals surface area contributed by atoms with Crippen LogP contribution in [0.1, 0.15) is 40.1 Å². The van der Waals surface area contributed by atoms with E-state index in [4.69, 9.17) is 11.6 Å². The summed E-state index contributed by atoms with van der Waals surface area (Å²) in [6, 6.07) is 15.0. The highest BCUT2D eigenvalue weighted by Gasteiger charge is 2.46. The highest BCUT2D eigenvalue weighted by molar-refractivity contribution is 6.30. The summed E-state index contributed by atoms with van der Waals surface area (Å²) in [5.41, 5.74) is 1.56. The summed E-state index contributed by atoms with van der Waals surface area (Å²) in [4.78, 5) is 14.3. The minimum Gasteiger partial charge on any atom is -0.363 e. The van der Waals surface area contributed by atoms with Gasteiger partial charge in [0.2, 0.25) is 0 Å². The largest absolute Gasteiger partial charge is 0.410 e. The zero-order valence-electron chi connectivity index (χ0n) is 16.6. The van der Waals surface area contributed by atoms with Gasteiger partial charge in [0, 0.05) is 31.1 Å². The Bertz CT molecular complexity index is 1070. The van der Waals surface area contributed by atoms with Crippen molar-refractivity contribution in [2.24, 2.45) is 0 Å². The van der Waals surface area contributed by atoms with Crippen molar-refractivity contribution in [2.45, 2.75) is 31.2 Å². The molecule has 0 bridgehead atoms. The molecular formula is C22H20ClF3N4O. The maximum atomic E-state index is 13.8. The Morgan fingerprint density at radius 2 is 1.87 bits per heavy atom. The van der Waals surface area contributed by atoms with Crippen molar-refractivity contribution in [3.63, 3.8) is 0 Å². The summed E-state index contributed by atoms with van der Waals surface area (Å²) < 4.78 is 42.3. The minimum atomic E-state index is -4.51. The molecule has 1 amide bonds. The summed E-state index contributed by atoms with van der Waals surface area (Å²) in [6.07, 6.45) is -4.75. The number of carbonyl (C=O) groups is 1. The predicted octanol–water partition coefficient (Wildman–Crippen LogP) is 5.47. The molecule has 0 saturated carbocycles. The normalized spacial score (nSPS) is 18.2. The van der Waals surface area contributed by atoms with Crippen molar-refractivity contribution in [3.8, 4) is 0 Å². The second-order valence-electron chi connectivity index (χ2n) is 7.55. The van der Waals surface area contributed by atoms with Crippen LogP contribution in [0.2, 0.25) is 5.02 Å². The second-order valence-corrected chi connectivity index (χ2v) is 7.98. The van der Waals surface area contributed by atoms with Crippen molar-refractivity contribution in [3.05, 3.63) is 82.5 Å². The number of hydrogen-bond acceptors (Lipinski definition) is 3. The summed E-state index contributed by atoms with van der Waals surface area (Å²) in [5.74, 6) is -0.290. The first-order valence-corrected chi connectivity index (χ1v) is 10.1. The number of carbonyl (C=O) groups excluding carboxylic acids is 1. The number of amides is 1. The third-order valence-corrected chi connectivity index (χ3v) is 5.54. The topological polar surface area (TPSA) is 50.2 Å². The van der Waals surface area contributed by atoms with Crippen LogP contribution in [0.3, 0.4) is 0 Å². The highest BCUT2D eigenvalue weighted by atomic mass is 35.5. The number of benzene rings is 2. The molecule has 0 spiro atoms. The third kappa shape index (κ3) is 4.54. The second kappa shape index (κ2) is 8.26. The molecule has 162 valence electrons. The monoisotopic (exact) mass is 448 g/mol. The summed E-state index contributed by atoms with van der Waals surface area (Å²) in [5, 5.41) is 7.62. The van der Waals surface area contributed by atoms with Crippen LogP contribution < -0.4 is 5.32 Å². The average molecular weight is 449 g/mol. The Kier molecular flexibility index (Phi) is 5.66. The lowest BCUT2D eigenvalue weighted by molar-refractivity contribution is -0.173. The van der Waals surface area contributed by atoms with E-state index in [2.05, 4.69) is 10.4 Å². The van der Waals surface area contributed by atoms with E-state index in [0.717, 1.165) is 10.2 Å². The molecule has 2 aromatic carbocycles. The summed E-state index contributed by atoms with van der Waals surface area (Å²) >= 11 is 5.90. The fourth-order valence-electron chi connectivity index (χ4n) is 3.72. The standard InChI is InChI=1S/C22H20ClF3N4O/c1-29(13-14-5-3-2-4-6-14)21(31)18-12-20-27-17(15-7-9-16(23)10-8-15)11-19(22(24,25)26)30(20)28-18/h2-10,12,17,19,27H,11,13H2,1H3/t17-,19-/m1/s1. The Morgan fingerprint density at radius 3 is 2.52 bits per heavy atom. The van der Waals surface area contributed by atoms with E-state index in [1.54, 1.807) is 31.3 Å². The first-order valence-electron chi connectivity index (χ1n) is 9.70. The van der Waals surface area contributed by atoms with Crippen LogP contribution in [0.15, 0.2) is 60.7 Å². The van der Waals surface area contributed by atoms with Gasteiger partial charge in [0.15, 0.2) is 11.7 Å². The van der Waals surface area contributed by atoms with E-state index < -0.39 is 24.2 Å². The van der Waals surface area contributed by atoms with E-state index in [-0.39, 0.29) is 17.9 Å². The molecule has 2 heterocycles. The van der Waals surface area contributed by atoms with E-state index in [9.17, 15) is 18.0 Å². The van der Waals surface area contributed by atoms with Gasteiger partial charge in [0.05, 0.1) is 6.04 Å². The van der Waals surface area contributed by atoms with Crippen LogP contribution in [-0.2, 0) is 6.54 Å². The summed E-state index contributed by atoms with van der Waals surface area (Å²) in [6.45, 7) is 0.325. The van der Waals surface area contributed by atoms with Gasteiger partial charge in [-0.05, 0) is 23.3 Å². The minimum absolute atomic E-state index is 0.0352. The quantitative estimate of drug-likeness (QED) is 0.576. The summed E-state index contributed by atoms with van der Waals surface area (Å²) in [7, 11) is 1.60. The Morgan fingerprint density at radius 1 is 1.19 bits per heavy atom. The van der Waals surface area contributed by atoms with Gasteiger partial charge >= 0.3 is 6.18 Å². The number of nitrogens with zero attached hydrogens (tertiary/aromatic N) is 3. The van der Waals surface area contributed by atoms with Gasteiger partial charge in [0.25, 0.3) is 5.91 Å². The van der Waals surface area contributed by atoms with Crippen LogP contribution in [0.4, 0.5) is 19.0 Å². The lowest BCUT2D eigenvalue weighted by Crippen LogP contribution is -2.35. The Labute approximate surface area is 182 Å². The molecule has 0 radical (unpaired) electrons. The first-order chi connectivity index (χ1) is 14.7. The number of rotatable bonds is 4. The van der Waals surface area contributed by atoms with Crippen molar-refractivity contribution >= 4 is 23.3 Å². The van der Waals surface area contributed by atoms with Crippen molar-refractivity contribution in [1.29, 1.82) is 0 Å². The van der Waals surface area contributed by atoms with Gasteiger partial charge in [-0.3, -0.25) is 4.79 Å². The SMILES string of the molecule is CN(Cc1ccccc1)C(=O)c1cc2n(n1)[C@@H](C(F)(F)F)C[C@H](c1ccc(Cl)cc1)N2. The van der Waals surface area contributed by atoms with Crippen LogP contribution in [0.25, 0.3) is 0 Å². The molecule has 0 aliphatic carbocycles. The number of halogens is 4. The number of hydrogen-bond donors (Lipinski definition) is 1. The van der Waals surface area contributed by atoms with Gasteiger partial charge in [0.1, 0.15) is 5.82 Å². The van der Waals surface area contributed by atoms with Gasteiger partial charge in [-0.2, -0.15) is 18.3 Å². The molecular weight excluding hydrogens is 429 g/mol. The van der Waals surface area contributed by atoms with E-state index >= 15 is 0 Å². The van der Waals surface area contributed by atoms with Crippen LogP contribution >= 0.6 is 11.6 Å². The number of fused-ring (bicyclic) bond motifs is 1. The molecule has 31 heavy (non-hydrogen) atoms. The zero-order valence-corrected chi connectivity index (χ0v) is 17.4. The van der Waals surface area contributed by atoms with Gasteiger partial charge < -0.3 is 10.2 Å². The maximum absolute atomic E-state index is 13.8. The van der Waals surface area contributed by atoms with E-state index in [1.165, 1.54) is 11.0 Å². The van der Waals surface area contributed by atoms with Gasteiger partial charge in [-0.1, -0.05) is 54.1 Å². The van der Waals surface area contributed by atoms with Gasteiger partial charge in [-0.25, -0.2) is 4.68 Å². The average Bonchev–Trinajstić information content (AvgIpc) is 3.17. The molecule has 0 saturated heterocycles. The Hall–Kier alpha value is -3.00. The first kappa shape index (κ1) is 21.2. The van der Waals surface area contributed by atoms with Crippen molar-refractivity contribution in [2.75, 3.05) is 12.4 Å². The van der Waals surface area contributed by atoms with Crippen molar-refractivity contribution < 1.29 is 18.0 Å². The maximum Gasteiger partial charge on any atom is 0.410 e. The molecule has 3 aromatic rings. The van der Waals surface area contributed by atoms with Crippen LogP contribution in [0, 0.1) is 0 Å². The number of aromatic nitrogens is 2. The molecule has 2 atom stereocenters. The molecule has 1 aliphatic heterocycles. The highest BCUT2D eigenvalue weighted by Crippen LogP contribution is 2.43. The van der Waals surface area contributed by atoms with Gasteiger partial charge in [-0.15, -0.1) is 0 Å². The molecule has 9 heteroatoms. The number of anilines is 1. The lowest BCUT2D eigenvalue weighted by Gasteiger charge is -2.33. The Balaban J connectivity index is 1.61. The van der Waals surface area contributed by atoms with Crippen LogP contribution in [0.5, 0.6) is 0 Å². The molecule has 4 rings (SSSR count). The predicted molar refractivity (Wildman–Crippen MR) is 112 cm³/mol. The third-order valence-electron chi connectivity index (χ3n) is 5.29. The van der Waals surface area contributed by atoms with E-state index in [0.29, 0.717) is 17.1 Å². The molecule has 1 aromatic heterocycles. The van der Waals surface area contributed by atoms with E-state index in [1.807, 2.05) is 30.3 Å². The van der Waals surface area contributed by atoms with Crippen LogP contribution in [-0.4, -0.2) is 33.8 Å². The smallest absolute Gasteiger partial charge is 0.363 e. The molecule has 5 nitrogen and oxygen atoms in total. The fraction of sp³-hybridized carbons (Fsp3) is 0.273. The van der Waals surface area contributed by atoms with Crippen molar-refractivity contribution in [1.82, 2.24) is 14.7 Å².